The second kappa shape index (κ2) is 5.97. The molecule has 0 radical (unpaired) electrons. The molecular weight excluding hydrogens is 240 g/mol. The summed E-state index contributed by atoms with van der Waals surface area (Å²) < 4.78 is 0. The van der Waals surface area contributed by atoms with E-state index in [4.69, 9.17) is 0 Å². The van der Waals surface area contributed by atoms with E-state index in [1.807, 2.05) is 37.4 Å². The van der Waals surface area contributed by atoms with E-state index < -0.39 is 0 Å². The predicted molar refractivity (Wildman–Crippen MR) is 73.8 cm³/mol. The van der Waals surface area contributed by atoms with Crippen molar-refractivity contribution in [3.05, 3.63) is 35.9 Å². The second-order valence-electron chi connectivity index (χ2n) is 5.15. The molecule has 4 nitrogen and oxygen atoms in total. The zero-order chi connectivity index (χ0) is 13.8. The molecule has 0 unspecified atom stereocenters. The lowest BCUT2D eigenvalue weighted by atomic mass is 10.0. The summed E-state index contributed by atoms with van der Waals surface area (Å²) in [6.07, 6.45) is 0.699. The van der Waals surface area contributed by atoms with Gasteiger partial charge < -0.3 is 4.90 Å². The third-order valence-electron chi connectivity index (χ3n) is 3.54. The Kier molecular flexibility index (Phi) is 4.32. The highest BCUT2D eigenvalue weighted by molar-refractivity contribution is 5.88. The minimum absolute atomic E-state index is 0.0383. The van der Waals surface area contributed by atoms with Crippen LogP contribution < -0.4 is 0 Å². The number of rotatable bonds is 4. The van der Waals surface area contributed by atoms with E-state index in [1.165, 1.54) is 6.92 Å². The average Bonchev–Trinajstić information content (AvgIpc) is 2.39. The first-order chi connectivity index (χ1) is 9.08. The van der Waals surface area contributed by atoms with Gasteiger partial charge in [0.1, 0.15) is 5.78 Å². The summed E-state index contributed by atoms with van der Waals surface area (Å²) in [5.74, 6) is 0.101. The molecule has 1 aliphatic heterocycles. The van der Waals surface area contributed by atoms with E-state index in [1.54, 1.807) is 4.90 Å². The van der Waals surface area contributed by atoms with Crippen molar-refractivity contribution in [2.24, 2.45) is 0 Å². The number of Topliss-reactive ketones (excluding diaryl/α,β-unsaturated/α-hetero) is 1. The summed E-state index contributed by atoms with van der Waals surface area (Å²) in [7, 11) is 1.97. The van der Waals surface area contributed by atoms with E-state index >= 15 is 0 Å². The predicted octanol–water partition coefficient (Wildman–Crippen LogP) is 0.961. The molecule has 0 bridgehead atoms. The fraction of sp³-hybridized carbons (Fsp3) is 0.467. The lowest BCUT2D eigenvalue weighted by Crippen LogP contribution is -2.57. The van der Waals surface area contributed by atoms with Gasteiger partial charge in [0.2, 0.25) is 5.91 Å². The smallest absolute Gasteiger partial charge is 0.240 e. The molecule has 0 aromatic heterocycles. The summed E-state index contributed by atoms with van der Waals surface area (Å²) in [5.41, 5.74) is 1.15. The average molecular weight is 260 g/mol. The molecule has 19 heavy (non-hydrogen) atoms. The number of carbonyl (C=O) groups excluding carboxylic acids is 2. The summed E-state index contributed by atoms with van der Waals surface area (Å²) in [6.45, 7) is 3.21. The third kappa shape index (κ3) is 3.41. The van der Waals surface area contributed by atoms with Crippen molar-refractivity contribution in [2.75, 3.05) is 26.7 Å². The Bertz CT molecular complexity index is 458. The topological polar surface area (TPSA) is 40.6 Å². The molecule has 0 N–H and O–H groups in total. The van der Waals surface area contributed by atoms with Gasteiger partial charge in [0, 0.05) is 13.1 Å². The number of likely N-dealkylation sites (N-methyl/N-ethyl adjacent to an activating group) is 1. The van der Waals surface area contributed by atoms with Gasteiger partial charge in [0.05, 0.1) is 12.6 Å². The SMILES string of the molecule is CC(=O)CN1CCN(C)[C@@H](Cc2ccccc2)C1=O. The van der Waals surface area contributed by atoms with Crippen LogP contribution in [0.2, 0.25) is 0 Å². The molecule has 102 valence electrons. The highest BCUT2D eigenvalue weighted by Crippen LogP contribution is 2.14. The molecule has 0 aliphatic carbocycles. The monoisotopic (exact) mass is 260 g/mol. The molecule has 1 aliphatic rings. The Hall–Kier alpha value is -1.68. The van der Waals surface area contributed by atoms with Crippen LogP contribution in [0.25, 0.3) is 0 Å². The minimum atomic E-state index is -0.157. The fourth-order valence-corrected chi connectivity index (χ4v) is 2.45. The maximum atomic E-state index is 12.4. The standard InChI is InChI=1S/C15H20N2O2/c1-12(18)11-17-9-8-16(2)14(15(17)19)10-13-6-4-3-5-7-13/h3-7,14H,8-11H2,1-2H3/t14-/m0/s1. The zero-order valence-corrected chi connectivity index (χ0v) is 11.5. The number of ketones is 1. The molecule has 1 amide bonds. The summed E-state index contributed by atoms with van der Waals surface area (Å²) in [4.78, 5) is 27.4. The molecule has 0 saturated carbocycles. The largest absolute Gasteiger partial charge is 0.333 e. The van der Waals surface area contributed by atoms with Gasteiger partial charge in [0.15, 0.2) is 0 Å². The van der Waals surface area contributed by atoms with Crippen LogP contribution in [0.1, 0.15) is 12.5 Å². The quantitative estimate of drug-likeness (QED) is 0.809. The van der Waals surface area contributed by atoms with Gasteiger partial charge in [-0.05, 0) is 26.0 Å². The van der Waals surface area contributed by atoms with Gasteiger partial charge in [-0.1, -0.05) is 30.3 Å². The van der Waals surface area contributed by atoms with Crippen LogP contribution in [0.3, 0.4) is 0 Å². The summed E-state index contributed by atoms with van der Waals surface area (Å²) >= 11 is 0. The van der Waals surface area contributed by atoms with Crippen LogP contribution in [-0.4, -0.2) is 54.2 Å². The lowest BCUT2D eigenvalue weighted by Gasteiger charge is -2.38. The Morgan fingerprint density at radius 2 is 1.95 bits per heavy atom. The van der Waals surface area contributed by atoms with Gasteiger partial charge >= 0.3 is 0 Å². The third-order valence-corrected chi connectivity index (χ3v) is 3.54. The van der Waals surface area contributed by atoms with Crippen LogP contribution in [-0.2, 0) is 16.0 Å². The first-order valence-corrected chi connectivity index (χ1v) is 6.60. The first kappa shape index (κ1) is 13.7. The fourth-order valence-electron chi connectivity index (χ4n) is 2.45. The van der Waals surface area contributed by atoms with Crippen molar-refractivity contribution in [1.82, 2.24) is 9.80 Å². The number of hydrogen-bond acceptors (Lipinski definition) is 3. The van der Waals surface area contributed by atoms with Crippen LogP contribution in [0.5, 0.6) is 0 Å². The maximum absolute atomic E-state index is 12.4. The molecule has 1 aromatic rings. The second-order valence-corrected chi connectivity index (χ2v) is 5.15. The highest BCUT2D eigenvalue weighted by atomic mass is 16.2. The van der Waals surface area contributed by atoms with Crippen molar-refractivity contribution < 1.29 is 9.59 Å². The number of hydrogen-bond donors (Lipinski definition) is 0. The Morgan fingerprint density at radius 3 is 2.58 bits per heavy atom. The number of piperazine rings is 1. The summed E-state index contributed by atoms with van der Waals surface area (Å²) in [6, 6.07) is 9.84. The van der Waals surface area contributed by atoms with Crippen molar-refractivity contribution in [1.29, 1.82) is 0 Å². The van der Waals surface area contributed by atoms with Crippen LogP contribution in [0, 0.1) is 0 Å². The van der Waals surface area contributed by atoms with Crippen molar-refractivity contribution in [2.45, 2.75) is 19.4 Å². The zero-order valence-electron chi connectivity index (χ0n) is 11.5. The van der Waals surface area contributed by atoms with Crippen LogP contribution in [0.4, 0.5) is 0 Å². The van der Waals surface area contributed by atoms with Crippen LogP contribution >= 0.6 is 0 Å². The van der Waals surface area contributed by atoms with Gasteiger partial charge in [-0.3, -0.25) is 14.5 Å². The molecule has 1 heterocycles. The molecule has 0 spiro atoms. The van der Waals surface area contributed by atoms with E-state index in [0.29, 0.717) is 13.0 Å². The highest BCUT2D eigenvalue weighted by Gasteiger charge is 2.32. The number of benzene rings is 1. The maximum Gasteiger partial charge on any atom is 0.240 e. The van der Waals surface area contributed by atoms with Crippen molar-refractivity contribution >= 4 is 11.7 Å². The minimum Gasteiger partial charge on any atom is -0.333 e. The number of carbonyl (C=O) groups is 2. The molecular formula is C15H20N2O2. The molecule has 4 heteroatoms. The molecule has 1 atom stereocenters. The molecule has 1 fully saturated rings. The van der Waals surface area contributed by atoms with Gasteiger partial charge in [-0.25, -0.2) is 0 Å². The van der Waals surface area contributed by atoms with Gasteiger partial charge in [-0.15, -0.1) is 0 Å². The Morgan fingerprint density at radius 1 is 1.26 bits per heavy atom. The van der Waals surface area contributed by atoms with Crippen LogP contribution in [0.15, 0.2) is 30.3 Å². The van der Waals surface area contributed by atoms with Gasteiger partial charge in [-0.2, -0.15) is 0 Å². The molecule has 2 rings (SSSR count). The molecule has 1 aromatic carbocycles. The lowest BCUT2D eigenvalue weighted by molar-refractivity contribution is -0.143. The van der Waals surface area contributed by atoms with E-state index in [9.17, 15) is 9.59 Å². The Labute approximate surface area is 114 Å². The van der Waals surface area contributed by atoms with Crippen molar-refractivity contribution in [3.8, 4) is 0 Å². The number of amides is 1. The first-order valence-electron chi connectivity index (χ1n) is 6.60. The van der Waals surface area contributed by atoms with E-state index in [2.05, 4.69) is 4.90 Å². The van der Waals surface area contributed by atoms with Crippen molar-refractivity contribution in [3.63, 3.8) is 0 Å². The molecule has 1 saturated heterocycles. The Balaban J connectivity index is 2.08. The van der Waals surface area contributed by atoms with E-state index in [-0.39, 0.29) is 24.3 Å². The van der Waals surface area contributed by atoms with Gasteiger partial charge in [0.25, 0.3) is 0 Å². The number of nitrogens with zero attached hydrogens (tertiary/aromatic N) is 2. The normalized spacial score (nSPS) is 20.6. The summed E-state index contributed by atoms with van der Waals surface area (Å²) in [5, 5.41) is 0. The van der Waals surface area contributed by atoms with E-state index in [0.717, 1.165) is 12.1 Å².